The molecule has 0 aliphatic heterocycles. The molecule has 3 aromatic carbocycles. The summed E-state index contributed by atoms with van der Waals surface area (Å²) < 4.78 is 17.3. The van der Waals surface area contributed by atoms with Gasteiger partial charge < -0.3 is 24.4 Å². The molecule has 0 spiro atoms. The zero-order valence-electron chi connectivity index (χ0n) is 32.4. The second-order valence-corrected chi connectivity index (χ2v) is 14.8. The molecular formula is C46H60O7. The molecule has 2 N–H and O–H groups in total. The highest BCUT2D eigenvalue weighted by Gasteiger charge is 2.20. The number of hydrogen-bond acceptors (Lipinski definition) is 7. The molecule has 0 bridgehead atoms. The number of hydrogen-bond donors (Lipinski definition) is 2. The first-order valence-electron chi connectivity index (χ1n) is 19.4. The van der Waals surface area contributed by atoms with Gasteiger partial charge in [0.25, 0.3) is 0 Å². The summed E-state index contributed by atoms with van der Waals surface area (Å²) in [6.45, 7) is 15.7. The quantitative estimate of drug-likeness (QED) is 0.0680. The van der Waals surface area contributed by atoms with Crippen molar-refractivity contribution in [2.45, 2.75) is 97.8 Å². The first kappa shape index (κ1) is 41.6. The van der Waals surface area contributed by atoms with Crippen LogP contribution in [0.4, 0.5) is 0 Å². The van der Waals surface area contributed by atoms with Crippen molar-refractivity contribution in [2.75, 3.05) is 33.0 Å². The maximum atomic E-state index is 12.1. The van der Waals surface area contributed by atoms with Gasteiger partial charge >= 0.3 is 11.9 Å². The Morgan fingerprint density at radius 3 is 1.77 bits per heavy atom. The van der Waals surface area contributed by atoms with Crippen molar-refractivity contribution >= 4 is 11.9 Å². The van der Waals surface area contributed by atoms with Crippen molar-refractivity contribution in [3.8, 4) is 28.0 Å². The fourth-order valence-corrected chi connectivity index (χ4v) is 7.02. The van der Waals surface area contributed by atoms with Crippen molar-refractivity contribution in [3.63, 3.8) is 0 Å². The molecule has 7 nitrogen and oxygen atoms in total. The highest BCUT2D eigenvalue weighted by Crippen LogP contribution is 2.38. The van der Waals surface area contributed by atoms with E-state index in [4.69, 9.17) is 14.2 Å². The predicted molar refractivity (Wildman–Crippen MR) is 213 cm³/mol. The van der Waals surface area contributed by atoms with Crippen LogP contribution in [-0.4, -0.2) is 55.2 Å². The minimum Gasteiger partial charge on any atom is -0.493 e. The van der Waals surface area contributed by atoms with Crippen molar-refractivity contribution < 1.29 is 34.0 Å². The molecule has 1 saturated carbocycles. The van der Waals surface area contributed by atoms with Crippen LogP contribution in [-0.2, 0) is 38.3 Å². The third-order valence-corrected chi connectivity index (χ3v) is 10.4. The summed E-state index contributed by atoms with van der Waals surface area (Å²) in [5, 5.41) is 19.3. The third-order valence-electron chi connectivity index (χ3n) is 10.4. The standard InChI is InChI=1S/C46H60O7/c1-7-35-26-39(20-21-43(35)38-18-16-37(17-19-38)36-14-12-33(6)13-15-36)42-27-40(10-8-23-52-45(49)31(2)3)44(51-25-22-34(29-47)30-48)41(28-42)11-9-24-53-46(50)32(4)5/h16-21,26-28,33-34,36,47-48H,2,4,7-15,22-25,29-30H2,1,3,5-6H3. The SMILES string of the molecule is C=C(C)C(=O)OCCCc1cc(-c2ccc(-c3ccc(C4CCC(C)CC4)cc3)c(CC)c2)cc(CCCOC(=O)C(=C)C)c1OCCC(CO)CO. The summed E-state index contributed by atoms with van der Waals surface area (Å²) in [5.41, 5.74) is 9.99. The van der Waals surface area contributed by atoms with Gasteiger partial charge in [-0.2, -0.15) is 0 Å². The van der Waals surface area contributed by atoms with Crippen LogP contribution in [0.1, 0.15) is 101 Å². The molecule has 0 heterocycles. The number of esters is 2. The van der Waals surface area contributed by atoms with Gasteiger partial charge in [0.05, 0.1) is 19.8 Å². The average Bonchev–Trinajstić information content (AvgIpc) is 3.17. The minimum atomic E-state index is -0.412. The van der Waals surface area contributed by atoms with Crippen LogP contribution in [0.25, 0.3) is 22.3 Å². The lowest BCUT2D eigenvalue weighted by Crippen LogP contribution is -2.16. The molecule has 0 atom stereocenters. The van der Waals surface area contributed by atoms with E-state index in [-0.39, 0.29) is 32.3 Å². The Labute approximate surface area is 317 Å². The maximum absolute atomic E-state index is 12.1. The zero-order valence-corrected chi connectivity index (χ0v) is 32.4. The molecule has 3 aromatic rings. The molecule has 286 valence electrons. The monoisotopic (exact) mass is 724 g/mol. The van der Waals surface area contributed by atoms with Gasteiger partial charge in [-0.25, -0.2) is 9.59 Å². The van der Waals surface area contributed by atoms with Gasteiger partial charge in [-0.3, -0.25) is 0 Å². The second-order valence-electron chi connectivity index (χ2n) is 14.8. The van der Waals surface area contributed by atoms with E-state index in [2.05, 4.69) is 81.6 Å². The first-order chi connectivity index (χ1) is 25.5. The van der Waals surface area contributed by atoms with E-state index in [0.717, 1.165) is 40.3 Å². The number of aliphatic hydroxyl groups is 2. The smallest absolute Gasteiger partial charge is 0.333 e. The van der Waals surface area contributed by atoms with Crippen LogP contribution < -0.4 is 4.74 Å². The molecule has 0 radical (unpaired) electrons. The number of benzene rings is 3. The number of ether oxygens (including phenoxy) is 3. The summed E-state index contributed by atoms with van der Waals surface area (Å²) in [6.07, 6.45) is 8.89. The van der Waals surface area contributed by atoms with Crippen LogP contribution in [0.2, 0.25) is 0 Å². The highest BCUT2D eigenvalue weighted by molar-refractivity contribution is 5.87. The van der Waals surface area contributed by atoms with E-state index in [9.17, 15) is 19.8 Å². The number of aliphatic hydroxyl groups excluding tert-OH is 2. The Kier molecular flexibility index (Phi) is 16.4. The van der Waals surface area contributed by atoms with Crippen LogP contribution in [0.15, 0.2) is 78.9 Å². The van der Waals surface area contributed by atoms with E-state index in [0.29, 0.717) is 55.8 Å². The van der Waals surface area contributed by atoms with Gasteiger partial charge in [-0.05, 0) is 134 Å². The Morgan fingerprint density at radius 1 is 0.736 bits per heavy atom. The van der Waals surface area contributed by atoms with Gasteiger partial charge in [0, 0.05) is 30.3 Å². The van der Waals surface area contributed by atoms with E-state index in [1.165, 1.54) is 47.9 Å². The largest absolute Gasteiger partial charge is 0.493 e. The van der Waals surface area contributed by atoms with Crippen molar-refractivity contribution in [1.29, 1.82) is 0 Å². The summed E-state index contributed by atoms with van der Waals surface area (Å²) in [7, 11) is 0. The Balaban J connectivity index is 1.66. The lowest BCUT2D eigenvalue weighted by Gasteiger charge is -2.26. The zero-order chi connectivity index (χ0) is 38.3. The molecule has 0 aromatic heterocycles. The summed E-state index contributed by atoms with van der Waals surface area (Å²) in [5.74, 6) is 1.13. The molecule has 53 heavy (non-hydrogen) atoms. The first-order valence-corrected chi connectivity index (χ1v) is 19.4. The molecule has 0 unspecified atom stereocenters. The van der Waals surface area contributed by atoms with Gasteiger partial charge in [0.15, 0.2) is 0 Å². The van der Waals surface area contributed by atoms with Crippen molar-refractivity contribution in [3.05, 3.63) is 101 Å². The van der Waals surface area contributed by atoms with Crippen LogP contribution in [0.5, 0.6) is 5.75 Å². The Morgan fingerprint density at radius 2 is 1.26 bits per heavy atom. The van der Waals surface area contributed by atoms with Crippen LogP contribution >= 0.6 is 0 Å². The van der Waals surface area contributed by atoms with Crippen LogP contribution in [0.3, 0.4) is 0 Å². The molecule has 7 heteroatoms. The minimum absolute atomic E-state index is 0.125. The van der Waals surface area contributed by atoms with Crippen molar-refractivity contribution in [1.82, 2.24) is 0 Å². The fourth-order valence-electron chi connectivity index (χ4n) is 7.02. The molecule has 4 rings (SSSR count). The summed E-state index contributed by atoms with van der Waals surface area (Å²) >= 11 is 0. The maximum Gasteiger partial charge on any atom is 0.333 e. The second kappa shape index (κ2) is 20.9. The average molecular weight is 725 g/mol. The molecule has 1 fully saturated rings. The van der Waals surface area contributed by atoms with Gasteiger partial charge in [-0.1, -0.05) is 82.3 Å². The van der Waals surface area contributed by atoms with E-state index < -0.39 is 11.9 Å². The van der Waals surface area contributed by atoms with E-state index in [1.807, 2.05) is 0 Å². The number of rotatable bonds is 20. The number of carbonyl (C=O) groups excluding carboxylic acids is 2. The molecular weight excluding hydrogens is 664 g/mol. The molecule has 1 aliphatic carbocycles. The normalized spacial score (nSPS) is 15.6. The van der Waals surface area contributed by atoms with Crippen molar-refractivity contribution in [2.24, 2.45) is 11.8 Å². The highest BCUT2D eigenvalue weighted by atomic mass is 16.5. The summed E-state index contributed by atoms with van der Waals surface area (Å²) in [4.78, 5) is 24.1. The fraction of sp³-hybridized carbons (Fsp3) is 0.478. The molecule has 0 amide bonds. The number of carbonyl (C=O) groups is 2. The van der Waals surface area contributed by atoms with E-state index in [1.54, 1.807) is 13.8 Å². The van der Waals surface area contributed by atoms with Gasteiger partial charge in [0.1, 0.15) is 5.75 Å². The topological polar surface area (TPSA) is 102 Å². The van der Waals surface area contributed by atoms with Gasteiger partial charge in [0.2, 0.25) is 0 Å². The van der Waals surface area contributed by atoms with E-state index >= 15 is 0 Å². The Hall–Kier alpha value is -4.20. The number of aryl methyl sites for hydroxylation is 3. The van der Waals surface area contributed by atoms with Gasteiger partial charge in [-0.15, -0.1) is 0 Å². The van der Waals surface area contributed by atoms with Crippen LogP contribution in [0, 0.1) is 11.8 Å². The predicted octanol–water partition coefficient (Wildman–Crippen LogP) is 9.35. The summed E-state index contributed by atoms with van der Waals surface area (Å²) in [6, 6.07) is 20.2. The lowest BCUT2D eigenvalue weighted by atomic mass is 9.79. The lowest BCUT2D eigenvalue weighted by molar-refractivity contribution is -0.139. The third kappa shape index (κ3) is 12.2. The molecule has 1 aliphatic rings. The Bertz CT molecular complexity index is 1620. The molecule has 0 saturated heterocycles.